The molecule has 0 bridgehead atoms. The predicted octanol–water partition coefficient (Wildman–Crippen LogP) is 2.14. The van der Waals surface area contributed by atoms with Gasteiger partial charge in [0.15, 0.2) is 4.77 Å². The van der Waals surface area contributed by atoms with Gasteiger partial charge in [0.1, 0.15) is 0 Å². The summed E-state index contributed by atoms with van der Waals surface area (Å²) in [5.74, 6) is 0. The summed E-state index contributed by atoms with van der Waals surface area (Å²) in [6, 6.07) is 0.466. The lowest BCUT2D eigenvalue weighted by Crippen LogP contribution is -2.00. The van der Waals surface area contributed by atoms with Crippen LogP contribution in [-0.4, -0.2) is 9.13 Å². The minimum Gasteiger partial charge on any atom is -0.327 e. The van der Waals surface area contributed by atoms with Crippen LogP contribution in [0.4, 0.5) is 0 Å². The van der Waals surface area contributed by atoms with Crippen molar-refractivity contribution < 1.29 is 0 Å². The lowest BCUT2D eigenvalue weighted by molar-refractivity contribution is 0.582. The largest absolute Gasteiger partial charge is 0.327 e. The van der Waals surface area contributed by atoms with Gasteiger partial charge in [0.2, 0.25) is 0 Å². The Bertz CT molecular complexity index is 269. The maximum atomic E-state index is 5.13. The Labute approximate surface area is 66.1 Å². The van der Waals surface area contributed by atoms with Gasteiger partial charge < -0.3 is 9.13 Å². The van der Waals surface area contributed by atoms with E-state index in [2.05, 4.69) is 18.4 Å². The Morgan fingerprint density at radius 2 is 2.00 bits per heavy atom. The van der Waals surface area contributed by atoms with Gasteiger partial charge >= 0.3 is 0 Å². The zero-order valence-electron chi connectivity index (χ0n) is 6.53. The third kappa shape index (κ3) is 1.14. The summed E-state index contributed by atoms with van der Waals surface area (Å²) in [6.07, 6.45) is 3.98. The maximum absolute atomic E-state index is 5.13. The van der Waals surface area contributed by atoms with Crippen molar-refractivity contribution in [2.45, 2.75) is 19.9 Å². The summed E-state index contributed by atoms with van der Waals surface area (Å²) in [4.78, 5) is 0. The van der Waals surface area contributed by atoms with Crippen molar-refractivity contribution in [1.82, 2.24) is 9.13 Å². The van der Waals surface area contributed by atoms with Gasteiger partial charge in [-0.3, -0.25) is 0 Å². The predicted molar refractivity (Wildman–Crippen MR) is 44.6 cm³/mol. The Kier molecular flexibility index (Phi) is 1.94. The van der Waals surface area contributed by atoms with Crippen LogP contribution in [0.5, 0.6) is 0 Å². The molecule has 0 aliphatic rings. The second kappa shape index (κ2) is 2.58. The average molecular weight is 156 g/mol. The number of imidazole rings is 1. The smallest absolute Gasteiger partial charge is 0.179 e. The van der Waals surface area contributed by atoms with E-state index in [4.69, 9.17) is 12.2 Å². The normalized spacial score (nSPS) is 10.8. The number of rotatable bonds is 1. The number of aromatic nitrogens is 2. The van der Waals surface area contributed by atoms with Crippen LogP contribution in [0.3, 0.4) is 0 Å². The van der Waals surface area contributed by atoms with Crippen molar-refractivity contribution in [3.63, 3.8) is 0 Å². The van der Waals surface area contributed by atoms with Gasteiger partial charge in [-0.2, -0.15) is 0 Å². The first-order chi connectivity index (χ1) is 4.63. The summed E-state index contributed by atoms with van der Waals surface area (Å²) < 4.78 is 4.89. The Morgan fingerprint density at radius 1 is 1.40 bits per heavy atom. The van der Waals surface area contributed by atoms with E-state index >= 15 is 0 Å². The monoisotopic (exact) mass is 156 g/mol. The van der Waals surface area contributed by atoms with E-state index in [1.54, 1.807) is 0 Å². The zero-order chi connectivity index (χ0) is 7.72. The van der Waals surface area contributed by atoms with E-state index in [-0.39, 0.29) is 0 Å². The van der Waals surface area contributed by atoms with Gasteiger partial charge in [-0.25, -0.2) is 0 Å². The van der Waals surface area contributed by atoms with E-state index in [0.717, 1.165) is 4.77 Å². The molecule has 1 rings (SSSR count). The molecule has 2 nitrogen and oxygen atoms in total. The molecule has 0 spiro atoms. The number of hydrogen-bond acceptors (Lipinski definition) is 1. The number of hydrogen-bond donors (Lipinski definition) is 0. The first-order valence-electron chi connectivity index (χ1n) is 3.36. The van der Waals surface area contributed by atoms with Crippen LogP contribution in [0.15, 0.2) is 12.4 Å². The van der Waals surface area contributed by atoms with Crippen LogP contribution in [0, 0.1) is 4.77 Å². The Hall–Kier alpha value is -0.570. The molecule has 0 aliphatic carbocycles. The molecule has 0 fully saturated rings. The van der Waals surface area contributed by atoms with Crippen molar-refractivity contribution in [1.29, 1.82) is 0 Å². The van der Waals surface area contributed by atoms with Gasteiger partial charge in [-0.05, 0) is 26.1 Å². The molecule has 1 aromatic rings. The molecule has 0 aliphatic heterocycles. The van der Waals surface area contributed by atoms with Crippen LogP contribution in [0.25, 0.3) is 0 Å². The van der Waals surface area contributed by atoms with Gasteiger partial charge in [-0.1, -0.05) is 0 Å². The van der Waals surface area contributed by atoms with E-state index in [9.17, 15) is 0 Å². The van der Waals surface area contributed by atoms with Gasteiger partial charge in [-0.15, -0.1) is 0 Å². The molecule has 1 heterocycles. The van der Waals surface area contributed by atoms with E-state index in [0.29, 0.717) is 6.04 Å². The van der Waals surface area contributed by atoms with Crippen LogP contribution in [0.2, 0.25) is 0 Å². The summed E-state index contributed by atoms with van der Waals surface area (Å²) in [6.45, 7) is 4.24. The van der Waals surface area contributed by atoms with Crippen LogP contribution in [0.1, 0.15) is 19.9 Å². The molecule has 0 aromatic carbocycles. The third-order valence-electron chi connectivity index (χ3n) is 1.53. The lowest BCUT2D eigenvalue weighted by Gasteiger charge is -2.04. The van der Waals surface area contributed by atoms with Crippen LogP contribution >= 0.6 is 12.2 Å². The molecule has 10 heavy (non-hydrogen) atoms. The second-order valence-electron chi connectivity index (χ2n) is 2.69. The standard InChI is InChI=1S/C7H12N2S/c1-6(2)9-5-4-8(3)7(9)10/h4-6H,1-3H3. The van der Waals surface area contributed by atoms with E-state index in [1.165, 1.54) is 0 Å². The van der Waals surface area contributed by atoms with Gasteiger partial charge in [0, 0.05) is 25.5 Å². The SMILES string of the molecule is CC(C)n1ccn(C)c1=S. The number of nitrogens with zero attached hydrogens (tertiary/aromatic N) is 2. The molecule has 0 saturated carbocycles. The van der Waals surface area contributed by atoms with Gasteiger partial charge in [0.25, 0.3) is 0 Å². The Morgan fingerprint density at radius 3 is 2.20 bits per heavy atom. The molecule has 0 N–H and O–H groups in total. The van der Waals surface area contributed by atoms with Crippen molar-refractivity contribution in [3.05, 3.63) is 17.2 Å². The molecule has 1 aromatic heterocycles. The van der Waals surface area contributed by atoms with Crippen molar-refractivity contribution >= 4 is 12.2 Å². The highest BCUT2D eigenvalue weighted by Gasteiger charge is 1.98. The summed E-state index contributed by atoms with van der Waals surface area (Å²) in [5, 5.41) is 0. The van der Waals surface area contributed by atoms with Gasteiger partial charge in [0.05, 0.1) is 0 Å². The molecular formula is C7H12N2S. The lowest BCUT2D eigenvalue weighted by atomic mass is 10.4. The van der Waals surface area contributed by atoms with E-state index < -0.39 is 0 Å². The molecule has 0 radical (unpaired) electrons. The topological polar surface area (TPSA) is 9.86 Å². The fourth-order valence-corrected chi connectivity index (χ4v) is 1.21. The third-order valence-corrected chi connectivity index (χ3v) is 2.03. The molecule has 0 saturated heterocycles. The zero-order valence-corrected chi connectivity index (χ0v) is 7.35. The average Bonchev–Trinajstić information content (AvgIpc) is 2.14. The summed E-state index contributed by atoms with van der Waals surface area (Å²) in [7, 11) is 1.96. The van der Waals surface area contributed by atoms with Crippen molar-refractivity contribution in [2.24, 2.45) is 7.05 Å². The van der Waals surface area contributed by atoms with Crippen LogP contribution in [-0.2, 0) is 7.05 Å². The highest BCUT2D eigenvalue weighted by Crippen LogP contribution is 2.04. The van der Waals surface area contributed by atoms with Crippen molar-refractivity contribution in [3.8, 4) is 0 Å². The number of aryl methyl sites for hydroxylation is 1. The molecule has 0 unspecified atom stereocenters. The fraction of sp³-hybridized carbons (Fsp3) is 0.571. The first kappa shape index (κ1) is 7.54. The highest BCUT2D eigenvalue weighted by atomic mass is 32.1. The fourth-order valence-electron chi connectivity index (χ4n) is 0.874. The van der Waals surface area contributed by atoms with Crippen LogP contribution < -0.4 is 0 Å². The minimum absolute atomic E-state index is 0.466. The molecule has 56 valence electrons. The summed E-state index contributed by atoms with van der Waals surface area (Å²) >= 11 is 5.13. The maximum Gasteiger partial charge on any atom is 0.179 e. The summed E-state index contributed by atoms with van der Waals surface area (Å²) in [5.41, 5.74) is 0. The molecular weight excluding hydrogens is 144 g/mol. The minimum atomic E-state index is 0.466. The quantitative estimate of drug-likeness (QED) is 0.566. The first-order valence-corrected chi connectivity index (χ1v) is 3.77. The molecule has 0 atom stereocenters. The highest BCUT2D eigenvalue weighted by molar-refractivity contribution is 7.71. The van der Waals surface area contributed by atoms with Crippen molar-refractivity contribution in [2.75, 3.05) is 0 Å². The van der Waals surface area contributed by atoms with E-state index in [1.807, 2.05) is 24.0 Å². The molecule has 0 amide bonds. The molecule has 3 heteroatoms. The Balaban J connectivity index is 3.18. The second-order valence-corrected chi connectivity index (χ2v) is 3.06.